The van der Waals surface area contributed by atoms with Crippen LogP contribution in [-0.2, 0) is 20.9 Å². The molecule has 1 aromatic rings. The van der Waals surface area contributed by atoms with Crippen LogP contribution >= 0.6 is 0 Å². The fourth-order valence-electron chi connectivity index (χ4n) is 4.37. The first-order chi connectivity index (χ1) is 14.4. The molecule has 0 aromatic heterocycles. The highest BCUT2D eigenvalue weighted by Crippen LogP contribution is 2.27. The van der Waals surface area contributed by atoms with E-state index >= 15 is 0 Å². The summed E-state index contributed by atoms with van der Waals surface area (Å²) in [5.74, 6) is 0.141. The number of benzene rings is 1. The number of anilines is 1. The van der Waals surface area contributed by atoms with Crippen molar-refractivity contribution < 1.29 is 14.4 Å². The molecule has 6 nitrogen and oxygen atoms in total. The predicted octanol–water partition coefficient (Wildman–Crippen LogP) is 3.45. The minimum absolute atomic E-state index is 0.0351. The Kier molecular flexibility index (Phi) is 7.51. The van der Waals surface area contributed by atoms with E-state index in [1.165, 1.54) is 0 Å². The molecular formula is C24H35N3O3. The summed E-state index contributed by atoms with van der Waals surface area (Å²) in [4.78, 5) is 43.3. The lowest BCUT2D eigenvalue weighted by Crippen LogP contribution is -2.57. The molecule has 0 N–H and O–H groups in total. The molecule has 0 saturated carbocycles. The summed E-state index contributed by atoms with van der Waals surface area (Å²) >= 11 is 0. The van der Waals surface area contributed by atoms with Crippen molar-refractivity contribution in [1.82, 2.24) is 9.80 Å². The monoisotopic (exact) mass is 413 g/mol. The third-order valence-corrected chi connectivity index (χ3v) is 6.18. The van der Waals surface area contributed by atoms with Gasteiger partial charge in [-0.3, -0.25) is 14.4 Å². The molecule has 0 bridgehead atoms. The zero-order chi connectivity index (χ0) is 21.7. The van der Waals surface area contributed by atoms with Crippen molar-refractivity contribution in [2.75, 3.05) is 31.1 Å². The van der Waals surface area contributed by atoms with Crippen molar-refractivity contribution in [3.63, 3.8) is 0 Å². The summed E-state index contributed by atoms with van der Waals surface area (Å²) in [6.07, 6.45) is 5.29. The molecule has 1 fully saturated rings. The first-order valence-electron chi connectivity index (χ1n) is 11.3. The van der Waals surface area contributed by atoms with Crippen LogP contribution in [0.15, 0.2) is 24.3 Å². The summed E-state index contributed by atoms with van der Waals surface area (Å²) in [6.45, 7) is 8.39. The molecule has 3 rings (SSSR count). The molecular weight excluding hydrogens is 378 g/mol. The van der Waals surface area contributed by atoms with Gasteiger partial charge in [-0.1, -0.05) is 51.3 Å². The van der Waals surface area contributed by atoms with Crippen LogP contribution in [0, 0.1) is 11.8 Å². The molecule has 164 valence electrons. The third kappa shape index (κ3) is 5.21. The molecule has 0 spiro atoms. The molecule has 0 unspecified atom stereocenters. The zero-order valence-corrected chi connectivity index (χ0v) is 18.6. The van der Waals surface area contributed by atoms with Gasteiger partial charge >= 0.3 is 0 Å². The summed E-state index contributed by atoms with van der Waals surface area (Å²) in [5.41, 5.74) is 1.92. The van der Waals surface area contributed by atoms with Gasteiger partial charge in [-0.05, 0) is 24.5 Å². The maximum atomic E-state index is 13.3. The van der Waals surface area contributed by atoms with E-state index in [1.807, 2.05) is 47.9 Å². The molecule has 3 amide bonds. The van der Waals surface area contributed by atoms with Crippen LogP contribution in [0.1, 0.15) is 58.4 Å². The Labute approximate surface area is 180 Å². The fraction of sp³-hybridized carbons (Fsp3) is 0.625. The quantitative estimate of drug-likeness (QED) is 0.746. The maximum absolute atomic E-state index is 13.3. The highest BCUT2D eigenvalue weighted by molar-refractivity contribution is 5.92. The van der Waals surface area contributed by atoms with Gasteiger partial charge in [0.2, 0.25) is 17.7 Å². The van der Waals surface area contributed by atoms with E-state index in [4.69, 9.17) is 0 Å². The lowest BCUT2D eigenvalue weighted by atomic mass is 9.95. The Hall–Kier alpha value is -2.37. The number of amides is 3. The van der Waals surface area contributed by atoms with E-state index in [0.717, 1.165) is 56.4 Å². The average Bonchev–Trinajstić information content (AvgIpc) is 2.66. The SMILES string of the molecule is CC(=O)N1CCCCCCCN(C(=O)C2CN(C(=O)C(C)C)C2)Cc2ccccc21. The second-order valence-electron chi connectivity index (χ2n) is 8.92. The second-order valence-corrected chi connectivity index (χ2v) is 8.92. The molecule has 1 aromatic carbocycles. The van der Waals surface area contributed by atoms with Crippen LogP contribution in [0.2, 0.25) is 0 Å². The lowest BCUT2D eigenvalue weighted by Gasteiger charge is -2.41. The second kappa shape index (κ2) is 10.1. The van der Waals surface area contributed by atoms with Crippen LogP contribution < -0.4 is 4.90 Å². The Morgan fingerprint density at radius 3 is 2.20 bits per heavy atom. The molecule has 2 heterocycles. The summed E-state index contributed by atoms with van der Waals surface area (Å²) < 4.78 is 0. The van der Waals surface area contributed by atoms with Crippen LogP contribution in [0.25, 0.3) is 0 Å². The van der Waals surface area contributed by atoms with Gasteiger partial charge in [-0.2, -0.15) is 0 Å². The molecule has 1 saturated heterocycles. The van der Waals surface area contributed by atoms with Crippen LogP contribution in [0.5, 0.6) is 0 Å². The van der Waals surface area contributed by atoms with Crippen LogP contribution in [0.3, 0.4) is 0 Å². The van der Waals surface area contributed by atoms with Crippen molar-refractivity contribution in [2.45, 2.75) is 59.4 Å². The number of fused-ring (bicyclic) bond motifs is 1. The Morgan fingerprint density at radius 1 is 0.900 bits per heavy atom. The number of rotatable bonds is 2. The molecule has 2 aliphatic heterocycles. The van der Waals surface area contributed by atoms with Gasteiger partial charge in [-0.15, -0.1) is 0 Å². The summed E-state index contributed by atoms with van der Waals surface area (Å²) in [7, 11) is 0. The Balaban J connectivity index is 1.77. The van der Waals surface area contributed by atoms with E-state index in [9.17, 15) is 14.4 Å². The number of hydrogen-bond acceptors (Lipinski definition) is 3. The van der Waals surface area contributed by atoms with Crippen molar-refractivity contribution in [2.24, 2.45) is 11.8 Å². The number of para-hydroxylation sites is 1. The first-order valence-corrected chi connectivity index (χ1v) is 11.3. The summed E-state index contributed by atoms with van der Waals surface area (Å²) in [5, 5.41) is 0. The first kappa shape index (κ1) is 22.3. The highest BCUT2D eigenvalue weighted by atomic mass is 16.2. The smallest absolute Gasteiger partial charge is 0.229 e. The predicted molar refractivity (Wildman–Crippen MR) is 118 cm³/mol. The lowest BCUT2D eigenvalue weighted by molar-refractivity contribution is -0.150. The van der Waals surface area contributed by atoms with Crippen molar-refractivity contribution in [1.29, 1.82) is 0 Å². The number of hydrogen-bond donors (Lipinski definition) is 0. The Bertz CT molecular complexity index is 771. The van der Waals surface area contributed by atoms with Gasteiger partial charge in [0.15, 0.2) is 0 Å². The third-order valence-electron chi connectivity index (χ3n) is 6.18. The molecule has 0 radical (unpaired) electrons. The van der Waals surface area contributed by atoms with Gasteiger partial charge in [0.1, 0.15) is 0 Å². The maximum Gasteiger partial charge on any atom is 0.229 e. The highest BCUT2D eigenvalue weighted by Gasteiger charge is 2.38. The fourth-order valence-corrected chi connectivity index (χ4v) is 4.37. The van der Waals surface area contributed by atoms with Crippen LogP contribution in [-0.4, -0.2) is 53.7 Å². The van der Waals surface area contributed by atoms with Gasteiger partial charge in [0.05, 0.1) is 5.92 Å². The van der Waals surface area contributed by atoms with Gasteiger partial charge in [0.25, 0.3) is 0 Å². The minimum Gasteiger partial charge on any atom is -0.341 e. The molecule has 0 aliphatic carbocycles. The van der Waals surface area contributed by atoms with Crippen molar-refractivity contribution >= 4 is 23.4 Å². The largest absolute Gasteiger partial charge is 0.341 e. The van der Waals surface area contributed by atoms with Crippen molar-refractivity contribution in [3.8, 4) is 0 Å². The van der Waals surface area contributed by atoms with E-state index in [2.05, 4.69) is 0 Å². The molecule has 0 atom stereocenters. The standard InChI is InChI=1S/C24H35N3O3/c1-18(2)23(29)26-16-21(17-26)24(30)25-13-9-5-4-6-10-14-27(19(3)28)22-12-8-7-11-20(22)15-25/h7-8,11-12,18,21H,4-6,9-10,13-17H2,1-3H3. The molecule has 2 aliphatic rings. The summed E-state index contributed by atoms with van der Waals surface area (Å²) in [6, 6.07) is 7.93. The van der Waals surface area contributed by atoms with E-state index in [0.29, 0.717) is 19.6 Å². The van der Waals surface area contributed by atoms with E-state index in [1.54, 1.807) is 11.8 Å². The number of carbonyl (C=O) groups is 3. The van der Waals surface area contributed by atoms with E-state index < -0.39 is 0 Å². The average molecular weight is 414 g/mol. The Morgan fingerprint density at radius 2 is 1.53 bits per heavy atom. The van der Waals surface area contributed by atoms with Gasteiger partial charge < -0.3 is 14.7 Å². The molecule has 6 heteroatoms. The number of nitrogens with zero attached hydrogens (tertiary/aromatic N) is 3. The van der Waals surface area contributed by atoms with Crippen molar-refractivity contribution in [3.05, 3.63) is 29.8 Å². The molecule has 30 heavy (non-hydrogen) atoms. The normalized spacial score (nSPS) is 18.9. The van der Waals surface area contributed by atoms with E-state index in [-0.39, 0.29) is 29.6 Å². The topological polar surface area (TPSA) is 60.9 Å². The zero-order valence-electron chi connectivity index (χ0n) is 18.6. The number of carbonyl (C=O) groups excluding carboxylic acids is 3. The van der Waals surface area contributed by atoms with Gasteiger partial charge in [-0.25, -0.2) is 0 Å². The van der Waals surface area contributed by atoms with Crippen LogP contribution in [0.4, 0.5) is 5.69 Å². The minimum atomic E-state index is -0.114. The number of likely N-dealkylation sites (tertiary alicyclic amines) is 1. The van der Waals surface area contributed by atoms with Gasteiger partial charge in [0, 0.05) is 51.3 Å².